The minimum absolute atomic E-state index is 0.0929. The summed E-state index contributed by atoms with van der Waals surface area (Å²) in [5.41, 5.74) is 0.717. The van der Waals surface area contributed by atoms with Gasteiger partial charge in [-0.05, 0) is 25.0 Å². The van der Waals surface area contributed by atoms with Gasteiger partial charge in [-0.15, -0.1) is 0 Å². The lowest BCUT2D eigenvalue weighted by Gasteiger charge is -2.31. The second kappa shape index (κ2) is 5.84. The van der Waals surface area contributed by atoms with E-state index in [-0.39, 0.29) is 24.6 Å². The molecule has 18 heavy (non-hydrogen) atoms. The number of ether oxygens (including phenoxy) is 1. The third kappa shape index (κ3) is 3.45. The lowest BCUT2D eigenvalue weighted by atomic mass is 9.89. The molecule has 0 saturated heterocycles. The van der Waals surface area contributed by atoms with Crippen molar-refractivity contribution >= 4 is 11.6 Å². The average molecular weight is 250 g/mol. The number of methoxy groups -OCH3 is 1. The minimum Gasteiger partial charge on any atom is -0.497 e. The number of aliphatic hydroxyl groups is 1. The molecule has 1 fully saturated rings. The summed E-state index contributed by atoms with van der Waals surface area (Å²) < 4.78 is 5.08. The van der Waals surface area contributed by atoms with Gasteiger partial charge in [-0.3, -0.25) is 4.79 Å². The van der Waals surface area contributed by atoms with E-state index in [1.165, 1.54) is 0 Å². The first-order valence-electron chi connectivity index (χ1n) is 6.02. The van der Waals surface area contributed by atoms with E-state index in [9.17, 15) is 4.79 Å². The van der Waals surface area contributed by atoms with Gasteiger partial charge in [0.15, 0.2) is 0 Å². The van der Waals surface area contributed by atoms with Crippen molar-refractivity contribution in [1.82, 2.24) is 5.32 Å². The molecule has 1 aromatic carbocycles. The SMILES string of the molecule is COc1cccc(NC(=O)CNC2CC(O)C2)c1. The molecule has 1 saturated carbocycles. The Morgan fingerprint density at radius 2 is 2.28 bits per heavy atom. The molecule has 0 heterocycles. The van der Waals surface area contributed by atoms with Crippen molar-refractivity contribution in [3.8, 4) is 5.75 Å². The summed E-state index contributed by atoms with van der Waals surface area (Å²) in [5.74, 6) is 0.618. The fourth-order valence-electron chi connectivity index (χ4n) is 1.90. The van der Waals surface area contributed by atoms with E-state index in [1.54, 1.807) is 13.2 Å². The van der Waals surface area contributed by atoms with Crippen LogP contribution in [0.5, 0.6) is 5.75 Å². The topological polar surface area (TPSA) is 70.6 Å². The van der Waals surface area contributed by atoms with Crippen LogP contribution in [0.15, 0.2) is 24.3 Å². The number of benzene rings is 1. The average Bonchev–Trinajstić information content (AvgIpc) is 2.33. The van der Waals surface area contributed by atoms with E-state index >= 15 is 0 Å². The zero-order valence-electron chi connectivity index (χ0n) is 10.3. The van der Waals surface area contributed by atoms with E-state index in [1.807, 2.05) is 18.2 Å². The highest BCUT2D eigenvalue weighted by atomic mass is 16.5. The minimum atomic E-state index is -0.205. The summed E-state index contributed by atoms with van der Waals surface area (Å²) in [6.45, 7) is 0.259. The number of nitrogens with one attached hydrogen (secondary N) is 2. The third-order valence-corrected chi connectivity index (χ3v) is 3.02. The summed E-state index contributed by atoms with van der Waals surface area (Å²) in [7, 11) is 1.59. The maximum atomic E-state index is 11.7. The van der Waals surface area contributed by atoms with Crippen molar-refractivity contribution in [2.45, 2.75) is 25.0 Å². The summed E-state index contributed by atoms with van der Waals surface area (Å²) in [6.07, 6.45) is 1.25. The van der Waals surface area contributed by atoms with Crippen molar-refractivity contribution < 1.29 is 14.6 Å². The van der Waals surface area contributed by atoms with E-state index < -0.39 is 0 Å². The summed E-state index contributed by atoms with van der Waals surface area (Å²) in [4.78, 5) is 11.7. The smallest absolute Gasteiger partial charge is 0.238 e. The van der Waals surface area contributed by atoms with Gasteiger partial charge in [0, 0.05) is 17.8 Å². The number of hydrogen-bond donors (Lipinski definition) is 3. The molecule has 3 N–H and O–H groups in total. The molecule has 0 atom stereocenters. The fourth-order valence-corrected chi connectivity index (χ4v) is 1.90. The van der Waals surface area contributed by atoms with Gasteiger partial charge in [0.1, 0.15) is 5.75 Å². The number of aliphatic hydroxyl groups excluding tert-OH is 1. The zero-order chi connectivity index (χ0) is 13.0. The van der Waals surface area contributed by atoms with Crippen LogP contribution in [0.25, 0.3) is 0 Å². The Hall–Kier alpha value is -1.59. The van der Waals surface area contributed by atoms with Gasteiger partial charge >= 0.3 is 0 Å². The van der Waals surface area contributed by atoms with Crippen LogP contribution in [0.4, 0.5) is 5.69 Å². The second-order valence-electron chi connectivity index (χ2n) is 4.48. The van der Waals surface area contributed by atoms with Gasteiger partial charge in [-0.25, -0.2) is 0 Å². The normalized spacial score (nSPS) is 22.1. The number of carbonyl (C=O) groups is 1. The van der Waals surface area contributed by atoms with E-state index in [0.29, 0.717) is 5.75 Å². The largest absolute Gasteiger partial charge is 0.497 e. The van der Waals surface area contributed by atoms with E-state index in [4.69, 9.17) is 9.84 Å². The van der Waals surface area contributed by atoms with Crippen LogP contribution in [0.2, 0.25) is 0 Å². The summed E-state index contributed by atoms with van der Waals surface area (Å²) in [5, 5.41) is 15.0. The van der Waals surface area contributed by atoms with Crippen LogP contribution < -0.4 is 15.4 Å². The first-order valence-corrected chi connectivity index (χ1v) is 6.02. The van der Waals surface area contributed by atoms with Crippen LogP contribution in [0.3, 0.4) is 0 Å². The van der Waals surface area contributed by atoms with Gasteiger partial charge in [0.2, 0.25) is 5.91 Å². The molecule has 1 aliphatic rings. The van der Waals surface area contributed by atoms with Crippen LogP contribution >= 0.6 is 0 Å². The molecule has 0 aliphatic heterocycles. The van der Waals surface area contributed by atoms with Crippen molar-refractivity contribution in [2.75, 3.05) is 19.0 Å². The predicted octanol–water partition coefficient (Wildman–Crippen LogP) is 0.747. The van der Waals surface area contributed by atoms with Crippen LogP contribution in [0.1, 0.15) is 12.8 Å². The maximum Gasteiger partial charge on any atom is 0.238 e. The Morgan fingerprint density at radius 1 is 1.50 bits per heavy atom. The fraction of sp³-hybridized carbons (Fsp3) is 0.462. The number of amides is 1. The van der Waals surface area contributed by atoms with E-state index in [2.05, 4.69) is 10.6 Å². The Kier molecular flexibility index (Phi) is 4.17. The predicted molar refractivity (Wildman–Crippen MR) is 68.7 cm³/mol. The zero-order valence-corrected chi connectivity index (χ0v) is 10.3. The van der Waals surface area contributed by atoms with Gasteiger partial charge < -0.3 is 20.5 Å². The third-order valence-electron chi connectivity index (χ3n) is 3.02. The molecule has 5 nitrogen and oxygen atoms in total. The van der Waals surface area contributed by atoms with Gasteiger partial charge in [0.05, 0.1) is 19.8 Å². The number of hydrogen-bond acceptors (Lipinski definition) is 4. The quantitative estimate of drug-likeness (QED) is 0.721. The Labute approximate surface area is 106 Å². The van der Waals surface area contributed by atoms with Crippen LogP contribution in [0, 0.1) is 0 Å². The molecule has 98 valence electrons. The van der Waals surface area contributed by atoms with Crippen LogP contribution in [-0.4, -0.2) is 36.8 Å². The molecular weight excluding hydrogens is 232 g/mol. The molecule has 0 spiro atoms. The number of carbonyl (C=O) groups excluding carboxylic acids is 1. The Morgan fingerprint density at radius 3 is 2.94 bits per heavy atom. The van der Waals surface area contributed by atoms with Gasteiger partial charge in [0.25, 0.3) is 0 Å². The molecule has 2 rings (SSSR count). The standard InChI is InChI=1S/C13H18N2O3/c1-18-12-4-2-3-9(7-12)15-13(17)8-14-10-5-11(16)6-10/h2-4,7,10-11,14,16H,5-6,8H2,1H3,(H,15,17). The molecule has 0 bridgehead atoms. The summed E-state index contributed by atoms with van der Waals surface area (Å²) in [6, 6.07) is 7.49. The molecule has 0 radical (unpaired) electrons. The van der Waals surface area contributed by atoms with Crippen molar-refractivity contribution in [3.05, 3.63) is 24.3 Å². The highest BCUT2D eigenvalue weighted by molar-refractivity contribution is 5.92. The molecule has 0 unspecified atom stereocenters. The molecule has 5 heteroatoms. The number of anilines is 1. The lowest BCUT2D eigenvalue weighted by molar-refractivity contribution is -0.115. The van der Waals surface area contributed by atoms with Crippen molar-refractivity contribution in [1.29, 1.82) is 0 Å². The first-order chi connectivity index (χ1) is 8.67. The lowest BCUT2D eigenvalue weighted by Crippen LogP contribution is -2.46. The second-order valence-corrected chi connectivity index (χ2v) is 4.48. The Bertz CT molecular complexity index is 416. The van der Waals surface area contributed by atoms with Crippen molar-refractivity contribution in [3.63, 3.8) is 0 Å². The van der Waals surface area contributed by atoms with Gasteiger partial charge in [-0.2, -0.15) is 0 Å². The number of rotatable bonds is 5. The Balaban J connectivity index is 1.76. The molecule has 0 aromatic heterocycles. The van der Waals surface area contributed by atoms with E-state index in [0.717, 1.165) is 18.5 Å². The monoisotopic (exact) mass is 250 g/mol. The van der Waals surface area contributed by atoms with Gasteiger partial charge in [-0.1, -0.05) is 6.07 Å². The van der Waals surface area contributed by atoms with Crippen LogP contribution in [-0.2, 0) is 4.79 Å². The molecule has 1 aromatic rings. The molecule has 1 aliphatic carbocycles. The highest BCUT2D eigenvalue weighted by Gasteiger charge is 2.26. The molecule has 1 amide bonds. The highest BCUT2D eigenvalue weighted by Crippen LogP contribution is 2.19. The summed E-state index contributed by atoms with van der Waals surface area (Å²) >= 11 is 0. The molecular formula is C13H18N2O3. The van der Waals surface area contributed by atoms with Crippen molar-refractivity contribution in [2.24, 2.45) is 0 Å². The maximum absolute atomic E-state index is 11.7. The first kappa shape index (κ1) is 12.9.